The van der Waals surface area contributed by atoms with Gasteiger partial charge in [-0.25, -0.2) is 9.18 Å². The zero-order chi connectivity index (χ0) is 19.5. The molecule has 144 valence electrons. The van der Waals surface area contributed by atoms with Crippen molar-refractivity contribution in [1.82, 2.24) is 4.57 Å². The van der Waals surface area contributed by atoms with E-state index < -0.39 is 17.2 Å². The minimum absolute atomic E-state index is 0.0279. The first-order chi connectivity index (χ1) is 12.8. The number of aromatic carboxylic acids is 1. The Morgan fingerprint density at radius 2 is 2.11 bits per heavy atom. The standard InChI is InChI=1S/C18H19ClFN3O4/c1-27-13-7-22(6-12(13)21)16-11(20)4-9-15(14(16)19)23(8-2-3-8)5-10(17(9)24)18(25)26/h4-5,8,12-13H,2-3,6-7,21H2,1H3,(H,25,26)/t12-,13+/m0/s1. The summed E-state index contributed by atoms with van der Waals surface area (Å²) in [7, 11) is 1.55. The van der Waals surface area contributed by atoms with E-state index in [0.29, 0.717) is 18.6 Å². The molecule has 2 aromatic rings. The van der Waals surface area contributed by atoms with Crippen LogP contribution in [0.4, 0.5) is 10.1 Å². The van der Waals surface area contributed by atoms with Gasteiger partial charge in [-0.3, -0.25) is 4.79 Å². The Hall–Kier alpha value is -2.16. The van der Waals surface area contributed by atoms with Crippen molar-refractivity contribution in [3.8, 4) is 0 Å². The molecule has 2 atom stereocenters. The van der Waals surface area contributed by atoms with E-state index in [9.17, 15) is 19.1 Å². The lowest BCUT2D eigenvalue weighted by Crippen LogP contribution is -2.34. The number of aromatic nitrogens is 1. The first-order valence-corrected chi connectivity index (χ1v) is 9.04. The van der Waals surface area contributed by atoms with Crippen molar-refractivity contribution < 1.29 is 19.0 Å². The number of nitrogens with zero attached hydrogens (tertiary/aromatic N) is 2. The van der Waals surface area contributed by atoms with Crippen LogP contribution in [0.5, 0.6) is 0 Å². The summed E-state index contributed by atoms with van der Waals surface area (Å²) < 4.78 is 22.0. The van der Waals surface area contributed by atoms with Crippen LogP contribution in [-0.4, -0.2) is 48.0 Å². The molecule has 0 radical (unpaired) electrons. The number of rotatable bonds is 4. The lowest BCUT2D eigenvalue weighted by Gasteiger charge is -2.23. The summed E-state index contributed by atoms with van der Waals surface area (Å²) >= 11 is 6.58. The number of carboxylic acid groups (broad SMARTS) is 1. The van der Waals surface area contributed by atoms with Crippen LogP contribution in [0.15, 0.2) is 17.1 Å². The highest BCUT2D eigenvalue weighted by atomic mass is 35.5. The molecule has 1 aliphatic heterocycles. The van der Waals surface area contributed by atoms with E-state index in [-0.39, 0.29) is 39.8 Å². The SMILES string of the molecule is CO[C@@H]1CN(c2c(F)cc3c(=O)c(C(=O)O)cn(C4CC4)c3c2Cl)C[C@@H]1N. The zero-order valence-corrected chi connectivity index (χ0v) is 15.4. The van der Waals surface area contributed by atoms with Crippen molar-refractivity contribution in [3.05, 3.63) is 38.9 Å². The number of nitrogens with two attached hydrogens (primary N) is 1. The molecule has 1 aromatic carbocycles. The molecule has 0 unspecified atom stereocenters. The van der Waals surface area contributed by atoms with Crippen LogP contribution in [0.1, 0.15) is 29.2 Å². The molecule has 1 saturated carbocycles. The van der Waals surface area contributed by atoms with E-state index in [2.05, 4.69) is 0 Å². The molecule has 1 saturated heterocycles. The summed E-state index contributed by atoms with van der Waals surface area (Å²) in [4.78, 5) is 25.7. The third-order valence-electron chi connectivity index (χ3n) is 5.28. The van der Waals surface area contributed by atoms with Crippen molar-refractivity contribution in [2.24, 2.45) is 5.73 Å². The van der Waals surface area contributed by atoms with Crippen molar-refractivity contribution in [2.45, 2.75) is 31.0 Å². The van der Waals surface area contributed by atoms with Crippen molar-refractivity contribution in [1.29, 1.82) is 0 Å². The Morgan fingerprint density at radius 3 is 2.67 bits per heavy atom. The molecule has 2 aliphatic rings. The van der Waals surface area contributed by atoms with Gasteiger partial charge in [-0.2, -0.15) is 0 Å². The summed E-state index contributed by atoms with van der Waals surface area (Å²) in [5, 5.41) is 9.39. The maximum absolute atomic E-state index is 14.9. The molecule has 27 heavy (non-hydrogen) atoms. The number of anilines is 1. The van der Waals surface area contributed by atoms with E-state index in [1.165, 1.54) is 6.20 Å². The van der Waals surface area contributed by atoms with Gasteiger partial charge in [0.05, 0.1) is 33.8 Å². The molecule has 7 nitrogen and oxygen atoms in total. The molecular formula is C18H19ClFN3O4. The molecule has 9 heteroatoms. The van der Waals surface area contributed by atoms with Crippen LogP contribution in [0.3, 0.4) is 0 Å². The molecule has 4 rings (SSSR count). The number of hydrogen-bond acceptors (Lipinski definition) is 5. The van der Waals surface area contributed by atoms with Crippen LogP contribution in [0.25, 0.3) is 10.9 Å². The van der Waals surface area contributed by atoms with Crippen LogP contribution in [-0.2, 0) is 4.74 Å². The van der Waals surface area contributed by atoms with Crippen LogP contribution in [0, 0.1) is 5.82 Å². The lowest BCUT2D eigenvalue weighted by molar-refractivity contribution is 0.0695. The second-order valence-electron chi connectivity index (χ2n) is 7.08. The molecule has 1 aliphatic carbocycles. The van der Waals surface area contributed by atoms with Gasteiger partial charge < -0.3 is 25.0 Å². The third-order valence-corrected chi connectivity index (χ3v) is 5.64. The van der Waals surface area contributed by atoms with Gasteiger partial charge in [0, 0.05) is 32.4 Å². The monoisotopic (exact) mass is 395 g/mol. The Balaban J connectivity index is 1.96. The maximum Gasteiger partial charge on any atom is 0.341 e. The highest BCUT2D eigenvalue weighted by Gasteiger charge is 2.35. The summed E-state index contributed by atoms with van der Waals surface area (Å²) in [5.74, 6) is -2.02. The van der Waals surface area contributed by atoms with Gasteiger partial charge in [0.25, 0.3) is 0 Å². The average molecular weight is 396 g/mol. The number of fused-ring (bicyclic) bond motifs is 1. The van der Waals surface area contributed by atoms with Crippen molar-refractivity contribution >= 4 is 34.2 Å². The number of ether oxygens (including phenoxy) is 1. The van der Waals surface area contributed by atoms with Gasteiger partial charge >= 0.3 is 5.97 Å². The molecular weight excluding hydrogens is 377 g/mol. The predicted octanol–water partition coefficient (Wildman–Crippen LogP) is 1.99. The Bertz CT molecular complexity index is 1000. The fourth-order valence-corrected chi connectivity index (χ4v) is 4.15. The number of carboxylic acids is 1. The van der Waals surface area contributed by atoms with Crippen molar-refractivity contribution in [2.75, 3.05) is 25.1 Å². The van der Waals surface area contributed by atoms with E-state index in [1.807, 2.05) is 0 Å². The minimum Gasteiger partial charge on any atom is -0.477 e. The highest BCUT2D eigenvalue weighted by Crippen LogP contribution is 2.42. The number of halogens is 2. The maximum atomic E-state index is 14.9. The summed E-state index contributed by atoms with van der Waals surface area (Å²) in [6, 6.07) is 0.839. The van der Waals surface area contributed by atoms with Gasteiger partial charge in [0.15, 0.2) is 0 Å². The van der Waals surface area contributed by atoms with Gasteiger partial charge in [0.2, 0.25) is 5.43 Å². The average Bonchev–Trinajstić information content (AvgIpc) is 3.38. The quantitative estimate of drug-likeness (QED) is 0.821. The van der Waals surface area contributed by atoms with E-state index in [4.69, 9.17) is 22.1 Å². The predicted molar refractivity (Wildman–Crippen MR) is 99.4 cm³/mol. The number of hydrogen-bond donors (Lipinski definition) is 2. The Kier molecular flexibility index (Phi) is 4.37. The largest absolute Gasteiger partial charge is 0.477 e. The van der Waals surface area contributed by atoms with Gasteiger partial charge in [-0.15, -0.1) is 0 Å². The number of benzene rings is 1. The number of methoxy groups -OCH3 is 1. The first kappa shape index (κ1) is 18.2. The van der Waals surface area contributed by atoms with Gasteiger partial charge in [0.1, 0.15) is 11.4 Å². The highest BCUT2D eigenvalue weighted by molar-refractivity contribution is 6.38. The van der Waals surface area contributed by atoms with Gasteiger partial charge in [-0.1, -0.05) is 11.6 Å². The van der Waals surface area contributed by atoms with E-state index in [1.54, 1.807) is 16.6 Å². The Labute approximate surface area is 159 Å². The number of carbonyl (C=O) groups is 1. The van der Waals surface area contributed by atoms with E-state index in [0.717, 1.165) is 18.9 Å². The van der Waals surface area contributed by atoms with Crippen LogP contribution in [0.2, 0.25) is 5.02 Å². The van der Waals surface area contributed by atoms with Gasteiger partial charge in [-0.05, 0) is 18.9 Å². The molecule has 0 spiro atoms. The van der Waals surface area contributed by atoms with Crippen LogP contribution >= 0.6 is 11.6 Å². The summed E-state index contributed by atoms with van der Waals surface area (Å²) in [6.07, 6.45) is 2.75. The topological polar surface area (TPSA) is 97.8 Å². The Morgan fingerprint density at radius 1 is 1.41 bits per heavy atom. The molecule has 2 fully saturated rings. The molecule has 3 N–H and O–H groups in total. The third kappa shape index (κ3) is 2.88. The zero-order valence-electron chi connectivity index (χ0n) is 14.6. The molecule has 0 amide bonds. The molecule has 0 bridgehead atoms. The lowest BCUT2D eigenvalue weighted by atomic mass is 10.1. The summed E-state index contributed by atoms with van der Waals surface area (Å²) in [5.41, 5.74) is 5.44. The minimum atomic E-state index is -1.34. The fourth-order valence-electron chi connectivity index (χ4n) is 3.75. The molecule has 1 aromatic heterocycles. The second kappa shape index (κ2) is 6.47. The smallest absolute Gasteiger partial charge is 0.341 e. The van der Waals surface area contributed by atoms with E-state index >= 15 is 0 Å². The first-order valence-electron chi connectivity index (χ1n) is 8.67. The molecule has 2 heterocycles. The van der Waals surface area contributed by atoms with Crippen LogP contribution < -0.4 is 16.1 Å². The second-order valence-corrected chi connectivity index (χ2v) is 7.45. The fraction of sp³-hybridized carbons (Fsp3) is 0.444. The number of pyridine rings is 1. The summed E-state index contributed by atoms with van der Waals surface area (Å²) in [6.45, 7) is 0.738. The van der Waals surface area contributed by atoms with Crippen molar-refractivity contribution in [3.63, 3.8) is 0 Å². The normalized spacial score (nSPS) is 22.6.